The van der Waals surface area contributed by atoms with Crippen LogP contribution in [0.15, 0.2) is 71.1 Å². The molecule has 32 heavy (non-hydrogen) atoms. The Kier molecular flexibility index (Phi) is 5.86. The number of nitrogens with one attached hydrogen (secondary N) is 2. The van der Waals surface area contributed by atoms with Crippen LogP contribution in [-0.4, -0.2) is 36.2 Å². The summed E-state index contributed by atoms with van der Waals surface area (Å²) < 4.78 is 0. The molecule has 0 heterocycles. The van der Waals surface area contributed by atoms with Crippen LogP contribution in [0.1, 0.15) is 68.1 Å². The zero-order valence-corrected chi connectivity index (χ0v) is 18.1. The van der Waals surface area contributed by atoms with E-state index in [1.807, 2.05) is 0 Å². The molecule has 4 rings (SSSR count). The number of benzene rings is 2. The van der Waals surface area contributed by atoms with Crippen LogP contribution < -0.4 is 10.6 Å². The maximum atomic E-state index is 12.7. The molecule has 6 heteroatoms. The number of allylic oxidation sites excluding steroid dienone is 4. The molecule has 162 valence electrons. The minimum Gasteiger partial charge on any atom is -0.382 e. The van der Waals surface area contributed by atoms with Gasteiger partial charge in [-0.1, -0.05) is 48.5 Å². The van der Waals surface area contributed by atoms with Gasteiger partial charge in [0.1, 0.15) is 0 Å². The van der Waals surface area contributed by atoms with Crippen molar-refractivity contribution in [3.63, 3.8) is 0 Å². The number of Topliss-reactive ketones (excluding diaryl/α,β-unsaturated/α-hetero) is 4. The molecule has 0 saturated carbocycles. The molecule has 2 aromatic carbocycles. The number of ketones is 4. The average molecular weight is 428 g/mol. The summed E-state index contributed by atoms with van der Waals surface area (Å²) in [7, 11) is 0. The normalized spacial score (nSPS) is 15.7. The minimum absolute atomic E-state index is 0.132. The number of hydrogen-bond donors (Lipinski definition) is 2. The van der Waals surface area contributed by atoms with Gasteiger partial charge in [-0.15, -0.1) is 0 Å². The van der Waals surface area contributed by atoms with E-state index in [4.69, 9.17) is 0 Å². The third-order valence-corrected chi connectivity index (χ3v) is 5.93. The maximum absolute atomic E-state index is 12.7. The van der Waals surface area contributed by atoms with Crippen molar-refractivity contribution in [2.75, 3.05) is 13.1 Å². The quantitative estimate of drug-likeness (QED) is 0.654. The summed E-state index contributed by atoms with van der Waals surface area (Å²) in [5, 5.41) is 6.23. The van der Waals surface area contributed by atoms with Gasteiger partial charge in [0.2, 0.25) is 11.6 Å². The van der Waals surface area contributed by atoms with Gasteiger partial charge in [0.05, 0.1) is 11.4 Å². The first-order valence-electron chi connectivity index (χ1n) is 10.7. The smallest absolute Gasteiger partial charge is 0.209 e. The molecule has 0 fully saturated rings. The van der Waals surface area contributed by atoms with Gasteiger partial charge in [0.25, 0.3) is 0 Å². The van der Waals surface area contributed by atoms with Gasteiger partial charge >= 0.3 is 0 Å². The molecule has 2 aromatic rings. The molecular weight excluding hydrogens is 404 g/mol. The summed E-state index contributed by atoms with van der Waals surface area (Å²) in [6.07, 6.45) is 1.44. The Bertz CT molecular complexity index is 1120. The molecule has 0 spiro atoms. The Morgan fingerprint density at radius 1 is 0.531 bits per heavy atom. The topological polar surface area (TPSA) is 92.3 Å². The fourth-order valence-electron chi connectivity index (χ4n) is 4.10. The molecule has 0 radical (unpaired) electrons. The van der Waals surface area contributed by atoms with Crippen LogP contribution in [0.4, 0.5) is 0 Å². The molecule has 0 amide bonds. The molecule has 2 N–H and O–H groups in total. The zero-order chi connectivity index (χ0) is 22.8. The second-order valence-electron chi connectivity index (χ2n) is 7.97. The van der Waals surface area contributed by atoms with E-state index in [2.05, 4.69) is 10.6 Å². The first-order chi connectivity index (χ1) is 15.4. The van der Waals surface area contributed by atoms with Gasteiger partial charge in [-0.3, -0.25) is 19.2 Å². The fraction of sp³-hybridized carbons (Fsp3) is 0.231. The van der Waals surface area contributed by atoms with Crippen molar-refractivity contribution in [2.45, 2.75) is 26.7 Å². The van der Waals surface area contributed by atoms with Crippen LogP contribution in [-0.2, 0) is 0 Å². The second-order valence-corrected chi connectivity index (χ2v) is 7.97. The lowest BCUT2D eigenvalue weighted by molar-refractivity contribution is 0.0968. The molecule has 2 aliphatic rings. The van der Waals surface area contributed by atoms with Gasteiger partial charge in [-0.2, -0.15) is 0 Å². The highest BCUT2D eigenvalue weighted by molar-refractivity contribution is 6.27. The number of rotatable bonds is 7. The third-order valence-electron chi connectivity index (χ3n) is 5.93. The maximum Gasteiger partial charge on any atom is 0.209 e. The van der Waals surface area contributed by atoms with Crippen molar-refractivity contribution in [1.82, 2.24) is 10.6 Å². The monoisotopic (exact) mass is 428 g/mol. The summed E-state index contributed by atoms with van der Waals surface area (Å²) in [6, 6.07) is 13.7. The highest BCUT2D eigenvalue weighted by Gasteiger charge is 2.30. The van der Waals surface area contributed by atoms with Crippen LogP contribution in [0.2, 0.25) is 0 Å². The van der Waals surface area contributed by atoms with Gasteiger partial charge in [0, 0.05) is 46.5 Å². The van der Waals surface area contributed by atoms with E-state index >= 15 is 0 Å². The molecule has 0 unspecified atom stereocenters. The largest absolute Gasteiger partial charge is 0.382 e. The Hall–Kier alpha value is -3.80. The number of fused-ring (bicyclic) bond motifs is 2. The van der Waals surface area contributed by atoms with Crippen molar-refractivity contribution >= 4 is 23.1 Å². The van der Waals surface area contributed by atoms with E-state index in [-0.39, 0.29) is 23.1 Å². The fourth-order valence-corrected chi connectivity index (χ4v) is 4.10. The Morgan fingerprint density at radius 3 is 1.19 bits per heavy atom. The van der Waals surface area contributed by atoms with E-state index in [0.29, 0.717) is 57.9 Å². The van der Waals surface area contributed by atoms with Crippen molar-refractivity contribution < 1.29 is 19.2 Å². The Labute approximate surface area is 186 Å². The van der Waals surface area contributed by atoms with Gasteiger partial charge < -0.3 is 10.6 Å². The van der Waals surface area contributed by atoms with Crippen LogP contribution in [0, 0.1) is 0 Å². The van der Waals surface area contributed by atoms with E-state index in [1.54, 1.807) is 62.4 Å². The van der Waals surface area contributed by atoms with Gasteiger partial charge in [-0.25, -0.2) is 0 Å². The molecule has 0 aromatic heterocycles. The van der Waals surface area contributed by atoms with Crippen LogP contribution >= 0.6 is 0 Å². The Morgan fingerprint density at radius 2 is 0.844 bits per heavy atom. The molecule has 0 aliphatic heterocycles. The van der Waals surface area contributed by atoms with Crippen molar-refractivity contribution in [3.8, 4) is 0 Å². The zero-order valence-electron chi connectivity index (χ0n) is 18.1. The van der Waals surface area contributed by atoms with Gasteiger partial charge in [-0.05, 0) is 26.7 Å². The van der Waals surface area contributed by atoms with Crippen molar-refractivity contribution in [1.29, 1.82) is 0 Å². The van der Waals surface area contributed by atoms with Crippen LogP contribution in [0.25, 0.3) is 0 Å². The third kappa shape index (κ3) is 3.68. The number of hydrogen-bond acceptors (Lipinski definition) is 6. The van der Waals surface area contributed by atoms with Gasteiger partial charge in [0.15, 0.2) is 11.6 Å². The van der Waals surface area contributed by atoms with E-state index in [9.17, 15) is 19.2 Å². The highest BCUT2D eigenvalue weighted by atomic mass is 16.1. The lowest BCUT2D eigenvalue weighted by Crippen LogP contribution is -2.31. The van der Waals surface area contributed by atoms with E-state index < -0.39 is 0 Å². The predicted molar refractivity (Wildman–Crippen MR) is 121 cm³/mol. The minimum atomic E-state index is -0.165. The Balaban J connectivity index is 1.31. The standard InChI is InChI=1S/C26H24N2O4/c1-15-21(25(31)19-11-5-3-9-17(19)23(15)29)27-13-7-8-14-28-22-16(2)24(30)18-10-4-6-12-20(18)26(22)32/h3-6,9-12,27-28H,7-8,13-14H2,1-2H3. The lowest BCUT2D eigenvalue weighted by atomic mass is 9.88. The molecule has 0 saturated heterocycles. The second kappa shape index (κ2) is 8.75. The SMILES string of the molecule is CC1=C(NCCCCNC2=C(C)C(=O)c3ccccc3C2=O)C(=O)c2ccccc2C1=O. The summed E-state index contributed by atoms with van der Waals surface area (Å²) in [4.78, 5) is 50.6. The molecule has 0 bridgehead atoms. The summed E-state index contributed by atoms with van der Waals surface area (Å²) in [5.74, 6) is -0.594. The van der Waals surface area contributed by atoms with Crippen molar-refractivity contribution in [3.05, 3.63) is 93.3 Å². The van der Waals surface area contributed by atoms with Crippen molar-refractivity contribution in [2.24, 2.45) is 0 Å². The summed E-state index contributed by atoms with van der Waals surface area (Å²) >= 11 is 0. The van der Waals surface area contributed by atoms with E-state index in [1.165, 1.54) is 0 Å². The lowest BCUT2D eigenvalue weighted by Gasteiger charge is -2.21. The van der Waals surface area contributed by atoms with Crippen LogP contribution in [0.3, 0.4) is 0 Å². The van der Waals surface area contributed by atoms with E-state index in [0.717, 1.165) is 12.8 Å². The molecule has 6 nitrogen and oxygen atoms in total. The summed E-state index contributed by atoms with van der Waals surface area (Å²) in [6.45, 7) is 4.37. The van der Waals surface area contributed by atoms with Crippen LogP contribution in [0.5, 0.6) is 0 Å². The predicted octanol–water partition coefficient (Wildman–Crippen LogP) is 3.65. The summed E-state index contributed by atoms with van der Waals surface area (Å²) in [5.41, 5.74) is 3.30. The molecule has 2 aliphatic carbocycles. The number of carbonyl (C=O) groups excluding carboxylic acids is 4. The highest BCUT2D eigenvalue weighted by Crippen LogP contribution is 2.26. The molecule has 0 atom stereocenters. The number of carbonyl (C=O) groups is 4. The average Bonchev–Trinajstić information content (AvgIpc) is 2.82. The molecular formula is C26H24N2O4. The first-order valence-corrected chi connectivity index (χ1v) is 10.7. The number of unbranched alkanes of at least 4 members (excludes halogenated alkanes) is 1. The first kappa shape index (κ1) is 21.4.